The SMILES string of the molecule is CCc1cccc(CC)c1NC(=O)c1cccc(N2C(=O)[C@H]3[C@H](C2=O)[C@@]2(Cl)C(Cl)=C(Cl)[C@@]3(Cl)C2(Cl)Cl)c1. The molecule has 2 aromatic rings. The molecule has 2 bridgehead atoms. The highest BCUT2D eigenvalue weighted by atomic mass is 35.5. The first-order valence-electron chi connectivity index (χ1n) is 11.6. The van der Waals surface area contributed by atoms with Crippen LogP contribution in [0.4, 0.5) is 11.4 Å². The molecule has 1 N–H and O–H groups in total. The first-order valence-corrected chi connectivity index (χ1v) is 13.9. The van der Waals surface area contributed by atoms with Crippen LogP contribution in [0, 0.1) is 11.8 Å². The zero-order valence-corrected chi connectivity index (χ0v) is 24.1. The van der Waals surface area contributed by atoms with E-state index in [2.05, 4.69) is 5.32 Å². The Hall–Kier alpha value is -1.47. The Kier molecular flexibility index (Phi) is 6.62. The van der Waals surface area contributed by atoms with Gasteiger partial charge in [-0.05, 0) is 42.2 Å². The second kappa shape index (κ2) is 9.04. The van der Waals surface area contributed by atoms with Crippen LogP contribution in [0.1, 0.15) is 35.3 Å². The lowest BCUT2D eigenvalue weighted by Gasteiger charge is -2.34. The average molecular weight is 621 g/mol. The van der Waals surface area contributed by atoms with Crippen molar-refractivity contribution in [3.05, 3.63) is 69.2 Å². The Labute approximate surface area is 244 Å². The molecule has 0 aromatic heterocycles. The van der Waals surface area contributed by atoms with Gasteiger partial charge in [-0.15, -0.1) is 23.2 Å². The van der Waals surface area contributed by atoms with Crippen LogP contribution in [0.5, 0.6) is 0 Å². The maximum Gasteiger partial charge on any atom is 0.255 e. The van der Waals surface area contributed by atoms with Gasteiger partial charge in [-0.3, -0.25) is 14.4 Å². The van der Waals surface area contributed by atoms with Crippen LogP contribution in [0.2, 0.25) is 0 Å². The number of anilines is 2. The number of hydrogen-bond donors (Lipinski definition) is 1. The summed E-state index contributed by atoms with van der Waals surface area (Å²) in [5.41, 5.74) is 3.20. The molecule has 37 heavy (non-hydrogen) atoms. The number of nitrogens with zero attached hydrogens (tertiary/aromatic N) is 1. The molecule has 1 aliphatic heterocycles. The molecule has 5 nitrogen and oxygen atoms in total. The van der Waals surface area contributed by atoms with E-state index in [-0.39, 0.29) is 27.2 Å². The number of halogens is 6. The monoisotopic (exact) mass is 618 g/mol. The summed E-state index contributed by atoms with van der Waals surface area (Å²) in [6.45, 7) is 4.02. The highest BCUT2D eigenvalue weighted by Crippen LogP contribution is 2.77. The molecular weight excluding hydrogens is 601 g/mol. The van der Waals surface area contributed by atoms with E-state index in [1.54, 1.807) is 18.2 Å². The van der Waals surface area contributed by atoms with Crippen molar-refractivity contribution in [2.75, 3.05) is 10.2 Å². The molecule has 11 heteroatoms. The van der Waals surface area contributed by atoms with Crippen molar-refractivity contribution in [2.45, 2.75) is 40.8 Å². The normalized spacial score (nSPS) is 29.8. The van der Waals surface area contributed by atoms with Gasteiger partial charge in [0.2, 0.25) is 11.8 Å². The van der Waals surface area contributed by atoms with Crippen molar-refractivity contribution in [3.63, 3.8) is 0 Å². The van der Waals surface area contributed by atoms with E-state index in [1.165, 1.54) is 6.07 Å². The summed E-state index contributed by atoms with van der Waals surface area (Å²) in [4.78, 5) is 37.7. The molecule has 4 atom stereocenters. The average Bonchev–Trinajstić information content (AvgIpc) is 3.27. The van der Waals surface area contributed by atoms with Crippen LogP contribution in [0.15, 0.2) is 52.5 Å². The summed E-state index contributed by atoms with van der Waals surface area (Å²) in [5, 5.41) is 2.67. The second-order valence-electron chi connectivity index (χ2n) is 9.26. The molecule has 5 rings (SSSR count). The standard InChI is InChI=1S/C26H20Cl6N2O3/c1-3-12-7-5-8-13(4-2)18(12)33-21(35)14-9-6-10-15(11-14)34-22(36)16-17(23(34)37)25(30)20(28)19(27)24(16,29)26(25,31)32/h5-11,16-17H,3-4H2,1-2H3,(H,33,35)/t16-,17-,24-,25-/m1/s1. The Morgan fingerprint density at radius 2 is 1.35 bits per heavy atom. The predicted octanol–water partition coefficient (Wildman–Crippen LogP) is 7.01. The Bertz CT molecular complexity index is 1340. The maximum atomic E-state index is 13.6. The molecule has 0 spiro atoms. The van der Waals surface area contributed by atoms with Gasteiger partial charge >= 0.3 is 0 Å². The molecule has 2 aromatic carbocycles. The highest BCUT2D eigenvalue weighted by Gasteiger charge is 2.87. The van der Waals surface area contributed by atoms with Crippen molar-refractivity contribution in [2.24, 2.45) is 11.8 Å². The summed E-state index contributed by atoms with van der Waals surface area (Å²) < 4.78 is -2.00. The summed E-state index contributed by atoms with van der Waals surface area (Å²) in [7, 11) is 0. The summed E-state index contributed by atoms with van der Waals surface area (Å²) >= 11 is 39.4. The van der Waals surface area contributed by atoms with Crippen molar-refractivity contribution in [1.82, 2.24) is 0 Å². The van der Waals surface area contributed by atoms with Gasteiger partial charge in [0.25, 0.3) is 5.91 Å². The number of carbonyl (C=O) groups is 3. The molecule has 0 radical (unpaired) electrons. The van der Waals surface area contributed by atoms with Crippen molar-refractivity contribution in [3.8, 4) is 0 Å². The van der Waals surface area contributed by atoms with Crippen LogP contribution in [0.25, 0.3) is 0 Å². The first-order chi connectivity index (χ1) is 17.4. The number of alkyl halides is 4. The molecule has 3 aliphatic rings. The van der Waals surface area contributed by atoms with E-state index in [0.717, 1.165) is 34.6 Å². The molecule has 1 heterocycles. The third kappa shape index (κ3) is 3.34. The van der Waals surface area contributed by atoms with E-state index in [0.29, 0.717) is 0 Å². The van der Waals surface area contributed by atoms with Gasteiger partial charge in [-0.1, -0.05) is 84.5 Å². The molecular formula is C26H20Cl6N2O3. The largest absolute Gasteiger partial charge is 0.321 e. The van der Waals surface area contributed by atoms with E-state index >= 15 is 0 Å². The minimum atomic E-state index is -2.00. The third-order valence-electron chi connectivity index (χ3n) is 7.51. The fourth-order valence-electron chi connectivity index (χ4n) is 5.62. The van der Waals surface area contributed by atoms with E-state index in [9.17, 15) is 14.4 Å². The van der Waals surface area contributed by atoms with Gasteiger partial charge in [-0.25, -0.2) is 4.90 Å². The van der Waals surface area contributed by atoms with Crippen LogP contribution in [-0.2, 0) is 22.4 Å². The summed E-state index contributed by atoms with van der Waals surface area (Å²) in [6.07, 6.45) is 1.48. The van der Waals surface area contributed by atoms with Gasteiger partial charge in [0.1, 0.15) is 9.75 Å². The number of rotatable bonds is 5. The zero-order chi connectivity index (χ0) is 27.1. The number of hydrogen-bond acceptors (Lipinski definition) is 3. The molecule has 2 fully saturated rings. The Morgan fingerprint density at radius 3 is 1.84 bits per heavy atom. The quantitative estimate of drug-likeness (QED) is 0.289. The van der Waals surface area contributed by atoms with Crippen LogP contribution >= 0.6 is 69.6 Å². The molecule has 3 amide bonds. The van der Waals surface area contributed by atoms with E-state index in [4.69, 9.17) is 69.6 Å². The van der Waals surface area contributed by atoms with Gasteiger partial charge in [0.15, 0.2) is 4.33 Å². The highest BCUT2D eigenvalue weighted by molar-refractivity contribution is 6.67. The van der Waals surface area contributed by atoms with Gasteiger partial charge in [0.05, 0.1) is 27.6 Å². The Balaban J connectivity index is 1.50. The summed E-state index contributed by atoms with van der Waals surface area (Å²) in [5.74, 6) is -4.23. The van der Waals surface area contributed by atoms with Gasteiger partial charge < -0.3 is 5.32 Å². The molecule has 1 saturated carbocycles. The lowest BCUT2D eigenvalue weighted by Crippen LogP contribution is -2.50. The van der Waals surface area contributed by atoms with Crippen LogP contribution in [0.3, 0.4) is 0 Å². The fourth-order valence-corrected chi connectivity index (χ4v) is 8.55. The number of benzene rings is 2. The number of para-hydroxylation sites is 1. The maximum absolute atomic E-state index is 13.6. The molecule has 1 saturated heterocycles. The number of amides is 3. The smallest absolute Gasteiger partial charge is 0.255 e. The number of carbonyl (C=O) groups excluding carboxylic acids is 3. The van der Waals surface area contributed by atoms with E-state index < -0.39 is 37.7 Å². The first kappa shape index (κ1) is 27.1. The third-order valence-corrected chi connectivity index (χ3v) is 11.8. The topological polar surface area (TPSA) is 66.5 Å². The number of fused-ring (bicyclic) bond motifs is 5. The minimum absolute atomic E-state index is 0.158. The lowest BCUT2D eigenvalue weighted by atomic mass is 9.84. The molecule has 194 valence electrons. The number of nitrogens with one attached hydrogen (secondary N) is 1. The number of aryl methyl sites for hydroxylation is 2. The van der Waals surface area contributed by atoms with Gasteiger partial charge in [0, 0.05) is 11.3 Å². The Morgan fingerprint density at radius 1 is 0.865 bits per heavy atom. The van der Waals surface area contributed by atoms with Crippen molar-refractivity contribution >= 4 is 98.7 Å². The fraction of sp³-hybridized carbons (Fsp3) is 0.346. The van der Waals surface area contributed by atoms with Crippen LogP contribution < -0.4 is 10.2 Å². The molecule has 0 unspecified atom stereocenters. The van der Waals surface area contributed by atoms with Crippen molar-refractivity contribution in [1.29, 1.82) is 0 Å². The molecule has 2 aliphatic carbocycles. The zero-order valence-electron chi connectivity index (χ0n) is 19.6. The second-order valence-corrected chi connectivity index (χ2v) is 12.5. The number of imide groups is 1. The van der Waals surface area contributed by atoms with Crippen molar-refractivity contribution < 1.29 is 14.4 Å². The van der Waals surface area contributed by atoms with E-state index in [1.807, 2.05) is 32.0 Å². The predicted molar refractivity (Wildman–Crippen MR) is 149 cm³/mol. The van der Waals surface area contributed by atoms with Gasteiger partial charge in [-0.2, -0.15) is 0 Å². The summed E-state index contributed by atoms with van der Waals surface area (Å²) in [6, 6.07) is 12.1. The van der Waals surface area contributed by atoms with Crippen LogP contribution in [-0.4, -0.2) is 31.8 Å². The number of allylic oxidation sites excluding steroid dienone is 2. The lowest BCUT2D eigenvalue weighted by molar-refractivity contribution is -0.123. The minimum Gasteiger partial charge on any atom is -0.321 e.